The summed E-state index contributed by atoms with van der Waals surface area (Å²) < 4.78 is 5.32. The van der Waals surface area contributed by atoms with E-state index < -0.39 is 0 Å². The van der Waals surface area contributed by atoms with Gasteiger partial charge in [0.1, 0.15) is 5.75 Å². The van der Waals surface area contributed by atoms with Crippen LogP contribution in [0.5, 0.6) is 5.75 Å². The summed E-state index contributed by atoms with van der Waals surface area (Å²) in [4.78, 5) is 14.6. The van der Waals surface area contributed by atoms with Gasteiger partial charge in [-0.05, 0) is 30.5 Å². The molecule has 0 N–H and O–H groups in total. The van der Waals surface area contributed by atoms with Gasteiger partial charge in [0.15, 0.2) is 0 Å². The molecule has 23 heavy (non-hydrogen) atoms. The first-order valence-electron chi connectivity index (χ1n) is 7.96. The summed E-state index contributed by atoms with van der Waals surface area (Å²) in [5.74, 6) is 0.833. The third kappa shape index (κ3) is 3.45. The van der Waals surface area contributed by atoms with Crippen molar-refractivity contribution in [3.63, 3.8) is 0 Å². The van der Waals surface area contributed by atoms with E-state index in [9.17, 15) is 4.79 Å². The third-order valence-electron chi connectivity index (χ3n) is 4.26. The third-order valence-corrected chi connectivity index (χ3v) is 4.26. The van der Waals surface area contributed by atoms with Gasteiger partial charge in [-0.25, -0.2) is 0 Å². The molecule has 0 saturated carbocycles. The summed E-state index contributed by atoms with van der Waals surface area (Å²) in [7, 11) is 1.64. The molecule has 1 aliphatic heterocycles. The molecule has 3 nitrogen and oxygen atoms in total. The van der Waals surface area contributed by atoms with E-state index in [0.29, 0.717) is 0 Å². The molecule has 3 heteroatoms. The Hall–Kier alpha value is -2.55. The van der Waals surface area contributed by atoms with Gasteiger partial charge in [-0.2, -0.15) is 0 Å². The number of benzene rings is 2. The molecule has 0 radical (unpaired) electrons. The van der Waals surface area contributed by atoms with Crippen molar-refractivity contribution in [1.29, 1.82) is 0 Å². The number of methoxy groups -OCH3 is 1. The van der Waals surface area contributed by atoms with Crippen molar-refractivity contribution in [3.05, 3.63) is 71.8 Å². The highest BCUT2D eigenvalue weighted by atomic mass is 16.5. The zero-order chi connectivity index (χ0) is 16.1. The molecule has 1 amide bonds. The SMILES string of the molecule is COc1ccccc1/C=C/C(=O)N1CCCC1c1ccccc1. The predicted molar refractivity (Wildman–Crippen MR) is 92.2 cm³/mol. The Bertz CT molecular complexity index is 694. The monoisotopic (exact) mass is 307 g/mol. The fourth-order valence-corrected chi connectivity index (χ4v) is 3.11. The number of hydrogen-bond donors (Lipinski definition) is 0. The number of carbonyl (C=O) groups is 1. The molecular weight excluding hydrogens is 286 g/mol. The van der Waals surface area contributed by atoms with Crippen LogP contribution in [0.3, 0.4) is 0 Å². The van der Waals surface area contributed by atoms with Gasteiger partial charge in [-0.3, -0.25) is 4.79 Å². The zero-order valence-corrected chi connectivity index (χ0v) is 13.3. The minimum atomic E-state index is 0.0576. The lowest BCUT2D eigenvalue weighted by atomic mass is 10.0. The molecule has 1 heterocycles. The molecule has 1 saturated heterocycles. The van der Waals surface area contributed by atoms with Crippen molar-refractivity contribution in [2.45, 2.75) is 18.9 Å². The lowest BCUT2D eigenvalue weighted by Gasteiger charge is -2.23. The van der Waals surface area contributed by atoms with Gasteiger partial charge < -0.3 is 9.64 Å². The minimum Gasteiger partial charge on any atom is -0.496 e. The summed E-state index contributed by atoms with van der Waals surface area (Å²) in [5.41, 5.74) is 2.13. The van der Waals surface area contributed by atoms with Crippen LogP contribution in [0.25, 0.3) is 6.08 Å². The van der Waals surface area contributed by atoms with E-state index in [2.05, 4.69) is 12.1 Å². The number of nitrogens with zero attached hydrogens (tertiary/aromatic N) is 1. The molecule has 1 fully saturated rings. The molecule has 1 atom stereocenters. The van der Waals surface area contributed by atoms with Gasteiger partial charge >= 0.3 is 0 Å². The minimum absolute atomic E-state index is 0.0576. The Morgan fingerprint density at radius 2 is 1.87 bits per heavy atom. The number of likely N-dealkylation sites (tertiary alicyclic amines) is 1. The second kappa shape index (κ2) is 7.14. The van der Waals surface area contributed by atoms with Crippen molar-refractivity contribution in [2.75, 3.05) is 13.7 Å². The summed E-state index contributed by atoms with van der Waals surface area (Å²) >= 11 is 0. The van der Waals surface area contributed by atoms with Crippen molar-refractivity contribution in [2.24, 2.45) is 0 Å². The van der Waals surface area contributed by atoms with Crippen LogP contribution in [-0.4, -0.2) is 24.5 Å². The van der Waals surface area contributed by atoms with Gasteiger partial charge in [0, 0.05) is 18.2 Å². The highest BCUT2D eigenvalue weighted by Gasteiger charge is 2.28. The normalized spacial score (nSPS) is 17.6. The maximum Gasteiger partial charge on any atom is 0.247 e. The van der Waals surface area contributed by atoms with E-state index in [4.69, 9.17) is 4.74 Å². The average Bonchev–Trinajstić information content (AvgIpc) is 3.10. The second-order valence-electron chi connectivity index (χ2n) is 5.68. The number of amides is 1. The largest absolute Gasteiger partial charge is 0.496 e. The molecule has 2 aromatic carbocycles. The van der Waals surface area contributed by atoms with Gasteiger partial charge in [-0.1, -0.05) is 48.5 Å². The lowest BCUT2D eigenvalue weighted by molar-refractivity contribution is -0.126. The molecule has 1 aliphatic rings. The second-order valence-corrected chi connectivity index (χ2v) is 5.68. The van der Waals surface area contributed by atoms with Crippen molar-refractivity contribution in [1.82, 2.24) is 4.90 Å². The fourth-order valence-electron chi connectivity index (χ4n) is 3.11. The lowest BCUT2D eigenvalue weighted by Crippen LogP contribution is -2.28. The molecule has 0 aromatic heterocycles. The number of carbonyl (C=O) groups excluding carboxylic acids is 1. The van der Waals surface area contributed by atoms with Crippen LogP contribution in [-0.2, 0) is 4.79 Å². The van der Waals surface area contributed by atoms with Gasteiger partial charge in [0.2, 0.25) is 5.91 Å². The zero-order valence-electron chi connectivity index (χ0n) is 13.3. The van der Waals surface area contributed by atoms with E-state index in [1.54, 1.807) is 13.2 Å². The summed E-state index contributed by atoms with van der Waals surface area (Å²) in [6.45, 7) is 0.814. The summed E-state index contributed by atoms with van der Waals surface area (Å²) in [6, 6.07) is 18.1. The standard InChI is InChI=1S/C20H21NO2/c1-23-19-12-6-5-10-17(19)13-14-20(22)21-15-7-11-18(21)16-8-3-2-4-9-16/h2-6,8-10,12-14,18H,7,11,15H2,1H3/b14-13+. The van der Waals surface area contributed by atoms with E-state index in [0.717, 1.165) is 30.7 Å². The summed E-state index contributed by atoms with van der Waals surface area (Å²) in [6.07, 6.45) is 5.56. The molecule has 0 bridgehead atoms. The molecule has 0 aliphatic carbocycles. The van der Waals surface area contributed by atoms with Gasteiger partial charge in [-0.15, -0.1) is 0 Å². The Labute approximate surface area is 137 Å². The van der Waals surface area contributed by atoms with Crippen molar-refractivity contribution in [3.8, 4) is 5.75 Å². The van der Waals surface area contributed by atoms with Gasteiger partial charge in [0.25, 0.3) is 0 Å². The molecule has 3 rings (SSSR count). The predicted octanol–water partition coefficient (Wildman–Crippen LogP) is 4.07. The van der Waals surface area contributed by atoms with E-state index in [1.807, 2.05) is 53.4 Å². The molecular formula is C20H21NO2. The Balaban J connectivity index is 1.76. The first-order chi connectivity index (χ1) is 11.3. The number of rotatable bonds is 4. The Morgan fingerprint density at radius 1 is 1.13 bits per heavy atom. The first kappa shape index (κ1) is 15.3. The van der Waals surface area contributed by atoms with Crippen molar-refractivity contribution < 1.29 is 9.53 Å². The number of para-hydroxylation sites is 1. The number of hydrogen-bond acceptors (Lipinski definition) is 2. The van der Waals surface area contributed by atoms with Crippen LogP contribution in [0.4, 0.5) is 0 Å². The van der Waals surface area contributed by atoms with E-state index in [-0.39, 0.29) is 11.9 Å². The van der Waals surface area contributed by atoms with Crippen LogP contribution in [0.15, 0.2) is 60.7 Å². The smallest absolute Gasteiger partial charge is 0.247 e. The Kier molecular flexibility index (Phi) is 4.77. The van der Waals surface area contributed by atoms with Crippen LogP contribution in [0.2, 0.25) is 0 Å². The first-order valence-corrected chi connectivity index (χ1v) is 7.96. The fraction of sp³-hybridized carbons (Fsp3) is 0.250. The highest BCUT2D eigenvalue weighted by Crippen LogP contribution is 2.32. The number of ether oxygens (including phenoxy) is 1. The van der Waals surface area contributed by atoms with Crippen LogP contribution in [0, 0.1) is 0 Å². The molecule has 0 spiro atoms. The van der Waals surface area contributed by atoms with E-state index in [1.165, 1.54) is 5.56 Å². The average molecular weight is 307 g/mol. The summed E-state index contributed by atoms with van der Waals surface area (Å²) in [5, 5.41) is 0. The molecule has 118 valence electrons. The van der Waals surface area contributed by atoms with Crippen molar-refractivity contribution >= 4 is 12.0 Å². The highest BCUT2D eigenvalue weighted by molar-refractivity contribution is 5.92. The van der Waals surface area contributed by atoms with E-state index >= 15 is 0 Å². The maximum atomic E-state index is 12.6. The van der Waals surface area contributed by atoms with Crippen LogP contribution < -0.4 is 4.74 Å². The Morgan fingerprint density at radius 3 is 2.65 bits per heavy atom. The van der Waals surface area contributed by atoms with Gasteiger partial charge in [0.05, 0.1) is 13.2 Å². The maximum absolute atomic E-state index is 12.6. The molecule has 2 aromatic rings. The van der Waals surface area contributed by atoms with Crippen LogP contribution >= 0.6 is 0 Å². The quantitative estimate of drug-likeness (QED) is 0.797. The molecule has 1 unspecified atom stereocenters. The van der Waals surface area contributed by atoms with Crippen LogP contribution in [0.1, 0.15) is 30.0 Å². The topological polar surface area (TPSA) is 29.5 Å².